The second-order valence-electron chi connectivity index (χ2n) is 8.35. The first kappa shape index (κ1) is 17.9. The summed E-state index contributed by atoms with van der Waals surface area (Å²) in [6.45, 7) is 6.62. The molecule has 0 spiro atoms. The molecule has 0 radical (unpaired) electrons. The van der Waals surface area contributed by atoms with Crippen LogP contribution in [0.25, 0.3) is 33.5 Å². The van der Waals surface area contributed by atoms with E-state index in [1.165, 1.54) is 61.3 Å². The molecule has 3 aromatic carbocycles. The van der Waals surface area contributed by atoms with E-state index in [2.05, 4.69) is 105 Å². The maximum Gasteiger partial charge on any atom is 0.213 e. The number of aromatic nitrogens is 1. The van der Waals surface area contributed by atoms with Gasteiger partial charge in [-0.1, -0.05) is 66.2 Å². The zero-order valence-corrected chi connectivity index (χ0v) is 17.6. The molecule has 0 fully saturated rings. The highest BCUT2D eigenvalue weighted by Gasteiger charge is 2.27. The van der Waals surface area contributed by atoms with Gasteiger partial charge in [0.15, 0.2) is 6.20 Å². The van der Waals surface area contributed by atoms with Gasteiger partial charge in [0.05, 0.1) is 5.56 Å². The number of rotatable bonds is 2. The first-order valence-corrected chi connectivity index (χ1v) is 10.3. The monoisotopic (exact) mass is 376 g/mol. The number of hydrogen-bond acceptors (Lipinski definition) is 0. The van der Waals surface area contributed by atoms with Crippen LogP contribution in [0.15, 0.2) is 72.9 Å². The van der Waals surface area contributed by atoms with Crippen LogP contribution >= 0.6 is 0 Å². The third-order valence-electron chi connectivity index (χ3n) is 6.26. The van der Waals surface area contributed by atoms with Crippen molar-refractivity contribution in [3.05, 3.63) is 101 Å². The van der Waals surface area contributed by atoms with Crippen molar-refractivity contribution in [1.29, 1.82) is 0 Å². The zero-order valence-electron chi connectivity index (χ0n) is 17.6. The summed E-state index contributed by atoms with van der Waals surface area (Å²) in [7, 11) is 2.17. The van der Waals surface area contributed by atoms with Crippen molar-refractivity contribution in [3.63, 3.8) is 0 Å². The van der Waals surface area contributed by atoms with Gasteiger partial charge in [0.1, 0.15) is 7.05 Å². The van der Waals surface area contributed by atoms with Gasteiger partial charge in [0, 0.05) is 11.6 Å². The van der Waals surface area contributed by atoms with Gasteiger partial charge in [-0.2, -0.15) is 0 Å². The van der Waals surface area contributed by atoms with Gasteiger partial charge < -0.3 is 0 Å². The molecule has 0 atom stereocenters. The molecule has 1 heteroatoms. The van der Waals surface area contributed by atoms with Crippen molar-refractivity contribution in [2.24, 2.45) is 7.05 Å². The van der Waals surface area contributed by atoms with Crippen LogP contribution in [0, 0.1) is 20.8 Å². The summed E-state index contributed by atoms with van der Waals surface area (Å²) in [6, 6.07) is 24.6. The van der Waals surface area contributed by atoms with E-state index < -0.39 is 0 Å². The summed E-state index contributed by atoms with van der Waals surface area (Å²) in [5.41, 5.74) is 14.9. The summed E-state index contributed by atoms with van der Waals surface area (Å²) in [5.74, 6) is 0. The third-order valence-corrected chi connectivity index (χ3v) is 6.26. The Morgan fingerprint density at radius 2 is 1.52 bits per heavy atom. The normalized spacial score (nSPS) is 12.0. The van der Waals surface area contributed by atoms with Crippen molar-refractivity contribution in [3.8, 4) is 33.5 Å². The Morgan fingerprint density at radius 1 is 0.724 bits per heavy atom. The van der Waals surface area contributed by atoms with Crippen LogP contribution < -0.4 is 4.57 Å². The largest absolute Gasteiger partial charge is 0.213 e. The maximum absolute atomic E-state index is 2.38. The Kier molecular flexibility index (Phi) is 4.13. The molecule has 1 aromatic heterocycles. The summed E-state index contributed by atoms with van der Waals surface area (Å²) < 4.78 is 2.29. The number of pyridine rings is 1. The van der Waals surface area contributed by atoms with Gasteiger partial charge in [-0.3, -0.25) is 0 Å². The van der Waals surface area contributed by atoms with Gasteiger partial charge in [-0.25, -0.2) is 4.57 Å². The van der Waals surface area contributed by atoms with E-state index in [-0.39, 0.29) is 0 Å². The number of aryl methyl sites for hydroxylation is 4. The zero-order chi connectivity index (χ0) is 20.1. The van der Waals surface area contributed by atoms with Crippen molar-refractivity contribution < 1.29 is 4.57 Å². The maximum atomic E-state index is 2.38. The molecule has 1 nitrogen and oxygen atoms in total. The Labute approximate surface area is 173 Å². The SMILES string of the molecule is Cc1ccc2c(c1)-c1ccc(C)c(-c3cc(-c4ccccc4)c(C)c[n+]3C)c1C2. The van der Waals surface area contributed by atoms with Crippen LogP contribution in [-0.2, 0) is 13.5 Å². The summed E-state index contributed by atoms with van der Waals surface area (Å²) in [6.07, 6.45) is 3.28. The molecule has 142 valence electrons. The minimum Gasteiger partial charge on any atom is -0.201 e. The van der Waals surface area contributed by atoms with E-state index in [9.17, 15) is 0 Å². The smallest absolute Gasteiger partial charge is 0.201 e. The lowest BCUT2D eigenvalue weighted by Gasteiger charge is -2.13. The van der Waals surface area contributed by atoms with Crippen molar-refractivity contribution in [2.75, 3.05) is 0 Å². The Bertz CT molecular complexity index is 1250. The fraction of sp³-hybridized carbons (Fsp3) is 0.179. The lowest BCUT2D eigenvalue weighted by Crippen LogP contribution is -2.31. The van der Waals surface area contributed by atoms with Gasteiger partial charge in [0.2, 0.25) is 5.69 Å². The molecule has 0 aliphatic heterocycles. The second-order valence-corrected chi connectivity index (χ2v) is 8.35. The topological polar surface area (TPSA) is 3.88 Å². The van der Waals surface area contributed by atoms with Crippen LogP contribution in [-0.4, -0.2) is 0 Å². The first-order chi connectivity index (χ1) is 14.0. The molecule has 5 rings (SSSR count). The van der Waals surface area contributed by atoms with Crippen LogP contribution in [0.3, 0.4) is 0 Å². The van der Waals surface area contributed by atoms with Crippen LogP contribution in [0.1, 0.15) is 27.8 Å². The van der Waals surface area contributed by atoms with E-state index in [1.807, 2.05) is 0 Å². The molecular weight excluding hydrogens is 350 g/mol. The van der Waals surface area contributed by atoms with E-state index in [4.69, 9.17) is 0 Å². The molecule has 0 saturated heterocycles. The van der Waals surface area contributed by atoms with E-state index in [0.717, 1.165) is 6.42 Å². The number of hydrogen-bond donors (Lipinski definition) is 0. The lowest BCUT2D eigenvalue weighted by atomic mass is 9.92. The molecule has 0 amide bonds. The predicted molar refractivity (Wildman–Crippen MR) is 121 cm³/mol. The summed E-state index contributed by atoms with van der Waals surface area (Å²) in [4.78, 5) is 0. The Balaban J connectivity index is 1.75. The second kappa shape index (κ2) is 6.70. The highest BCUT2D eigenvalue weighted by Crippen LogP contribution is 2.43. The molecule has 0 N–H and O–H groups in total. The van der Waals surface area contributed by atoms with Gasteiger partial charge >= 0.3 is 0 Å². The number of nitrogens with zero attached hydrogens (tertiary/aromatic N) is 1. The van der Waals surface area contributed by atoms with Crippen LogP contribution in [0.4, 0.5) is 0 Å². The first-order valence-electron chi connectivity index (χ1n) is 10.3. The highest BCUT2D eigenvalue weighted by atomic mass is 14.9. The molecule has 0 saturated carbocycles. The van der Waals surface area contributed by atoms with Gasteiger partial charge in [0.25, 0.3) is 0 Å². The Hall–Kier alpha value is -3.19. The fourth-order valence-corrected chi connectivity index (χ4v) is 4.80. The summed E-state index contributed by atoms with van der Waals surface area (Å²) in [5, 5.41) is 0. The van der Waals surface area contributed by atoms with E-state index in [0.29, 0.717) is 0 Å². The van der Waals surface area contributed by atoms with Crippen molar-refractivity contribution in [2.45, 2.75) is 27.2 Å². The quantitative estimate of drug-likeness (QED) is 0.316. The average molecular weight is 377 g/mol. The number of fused-ring (bicyclic) bond motifs is 3. The van der Waals surface area contributed by atoms with E-state index in [1.54, 1.807) is 0 Å². The van der Waals surface area contributed by atoms with Crippen molar-refractivity contribution in [1.82, 2.24) is 0 Å². The van der Waals surface area contributed by atoms with Gasteiger partial charge in [-0.15, -0.1) is 0 Å². The van der Waals surface area contributed by atoms with Crippen molar-refractivity contribution >= 4 is 0 Å². The average Bonchev–Trinajstić information content (AvgIpc) is 3.07. The highest BCUT2D eigenvalue weighted by molar-refractivity contribution is 5.86. The molecule has 1 heterocycles. The third kappa shape index (κ3) is 2.89. The molecule has 4 aromatic rings. The van der Waals surface area contributed by atoms with E-state index >= 15 is 0 Å². The minimum absolute atomic E-state index is 1.01. The lowest BCUT2D eigenvalue weighted by molar-refractivity contribution is -0.660. The molecule has 0 unspecified atom stereocenters. The minimum atomic E-state index is 1.01. The molecule has 1 aliphatic rings. The number of benzene rings is 3. The summed E-state index contributed by atoms with van der Waals surface area (Å²) >= 11 is 0. The molecular formula is C28H26N+. The standard InChI is InChI=1S/C28H26N/c1-18-10-12-22-15-26-23(25(22)14-18)13-11-19(2)28(26)27-16-24(20(3)17-29(27)4)21-8-6-5-7-9-21/h5-14,16-17H,15H2,1-4H3/q+1. The molecule has 1 aliphatic carbocycles. The molecule has 0 bridgehead atoms. The van der Waals surface area contributed by atoms with Crippen LogP contribution in [0.2, 0.25) is 0 Å². The van der Waals surface area contributed by atoms with Crippen LogP contribution in [0.5, 0.6) is 0 Å². The predicted octanol–water partition coefficient (Wildman–Crippen LogP) is 6.34. The van der Waals surface area contributed by atoms with Gasteiger partial charge in [-0.05, 0) is 66.1 Å². The fourth-order valence-electron chi connectivity index (χ4n) is 4.80. The Morgan fingerprint density at radius 3 is 2.31 bits per heavy atom. The molecule has 29 heavy (non-hydrogen) atoms.